The Balaban J connectivity index is 3.20. The van der Waals surface area contributed by atoms with Gasteiger partial charge in [-0.2, -0.15) is 0 Å². The second-order valence-corrected chi connectivity index (χ2v) is 21.6. The van der Waals surface area contributed by atoms with E-state index in [1.807, 2.05) is 0 Å². The van der Waals surface area contributed by atoms with Gasteiger partial charge in [0.05, 0.1) is 0 Å². The molecular formula is C6H12Cl6OSi2. The SMILES string of the molecule is Cl[Si](Cl)(Cl)CCCOCCC[Si](Cl)(Cl)Cl. The fourth-order valence-electron chi connectivity index (χ4n) is 0.851. The van der Waals surface area contributed by atoms with Crippen LogP contribution >= 0.6 is 66.5 Å². The molecule has 0 aliphatic rings. The van der Waals surface area contributed by atoms with E-state index >= 15 is 0 Å². The highest BCUT2D eigenvalue weighted by atomic mass is 35.8. The lowest BCUT2D eigenvalue weighted by molar-refractivity contribution is 0.135. The first-order chi connectivity index (χ1) is 6.71. The van der Waals surface area contributed by atoms with Gasteiger partial charge >= 0.3 is 12.0 Å². The highest BCUT2D eigenvalue weighted by molar-refractivity contribution is 7.65. The average Bonchev–Trinajstić information content (AvgIpc) is 1.98. The van der Waals surface area contributed by atoms with E-state index in [1.54, 1.807) is 0 Å². The van der Waals surface area contributed by atoms with E-state index in [-0.39, 0.29) is 0 Å². The predicted octanol–water partition coefficient (Wildman–Crippen LogP) is 5.09. The standard InChI is InChI=1S/C6H12Cl6OSi2/c7-14(8,9)5-1-3-13-4-2-6-15(10,11)12/h1-6H2. The van der Waals surface area contributed by atoms with Gasteiger partial charge in [-0.1, -0.05) is 0 Å². The number of hydrogen-bond acceptors (Lipinski definition) is 1. The highest BCUT2D eigenvalue weighted by Gasteiger charge is 2.24. The molecule has 0 atom stereocenters. The zero-order valence-electron chi connectivity index (χ0n) is 7.92. The van der Waals surface area contributed by atoms with Crippen molar-refractivity contribution in [2.45, 2.75) is 24.9 Å². The predicted molar refractivity (Wildman–Crippen MR) is 76.3 cm³/mol. The summed E-state index contributed by atoms with van der Waals surface area (Å²) in [7, 11) is 0. The van der Waals surface area contributed by atoms with Crippen molar-refractivity contribution >= 4 is 78.5 Å². The molecule has 9 heteroatoms. The van der Waals surface area contributed by atoms with Crippen molar-refractivity contribution in [3.8, 4) is 0 Å². The van der Waals surface area contributed by atoms with Gasteiger partial charge in [0.15, 0.2) is 0 Å². The number of rotatable bonds is 8. The monoisotopic (exact) mass is 366 g/mol. The van der Waals surface area contributed by atoms with Crippen molar-refractivity contribution in [1.82, 2.24) is 0 Å². The van der Waals surface area contributed by atoms with Crippen LogP contribution in [0.25, 0.3) is 0 Å². The van der Waals surface area contributed by atoms with Crippen molar-refractivity contribution in [1.29, 1.82) is 0 Å². The van der Waals surface area contributed by atoms with E-state index in [9.17, 15) is 0 Å². The zero-order valence-corrected chi connectivity index (χ0v) is 14.5. The summed E-state index contributed by atoms with van der Waals surface area (Å²) >= 11 is 34.2. The molecule has 0 saturated heterocycles. The Labute approximate surface area is 120 Å². The summed E-state index contributed by atoms with van der Waals surface area (Å²) in [5, 5.41) is 0. The molecule has 0 amide bonds. The van der Waals surface area contributed by atoms with Crippen LogP contribution in [0.1, 0.15) is 12.8 Å². The minimum absolute atomic E-state index is 0.600. The molecule has 0 aromatic heterocycles. The maximum atomic E-state index is 5.70. The molecule has 0 aliphatic carbocycles. The Kier molecular flexibility index (Phi) is 9.45. The first-order valence-electron chi connectivity index (χ1n) is 4.42. The molecule has 0 rings (SSSR count). The fourth-order valence-corrected chi connectivity index (χ4v) is 4.35. The van der Waals surface area contributed by atoms with Crippen LogP contribution in [0.4, 0.5) is 0 Å². The van der Waals surface area contributed by atoms with Gasteiger partial charge in [0, 0.05) is 13.2 Å². The van der Waals surface area contributed by atoms with Crippen molar-refractivity contribution in [3.63, 3.8) is 0 Å². The van der Waals surface area contributed by atoms with E-state index in [2.05, 4.69) is 0 Å². The van der Waals surface area contributed by atoms with Crippen molar-refractivity contribution in [3.05, 3.63) is 0 Å². The van der Waals surface area contributed by atoms with Gasteiger partial charge in [-0.3, -0.25) is 0 Å². The Morgan fingerprint density at radius 3 is 1.27 bits per heavy atom. The summed E-state index contributed by atoms with van der Waals surface area (Å²) in [5.74, 6) is 0. The first-order valence-corrected chi connectivity index (χ1v) is 14.9. The molecule has 92 valence electrons. The van der Waals surface area contributed by atoms with Crippen LogP contribution < -0.4 is 0 Å². The number of ether oxygens (including phenoxy) is 1. The Morgan fingerprint density at radius 2 is 1.00 bits per heavy atom. The molecule has 1 nitrogen and oxygen atoms in total. The number of halogens is 6. The summed E-state index contributed by atoms with van der Waals surface area (Å²) in [4.78, 5) is 0. The summed E-state index contributed by atoms with van der Waals surface area (Å²) in [6.07, 6.45) is 1.54. The molecule has 0 radical (unpaired) electrons. The van der Waals surface area contributed by atoms with E-state index in [4.69, 9.17) is 71.2 Å². The molecule has 15 heavy (non-hydrogen) atoms. The zero-order chi connectivity index (χ0) is 11.9. The molecule has 0 aromatic carbocycles. The summed E-state index contributed by atoms with van der Waals surface area (Å²) in [6.45, 7) is 1.20. The third kappa shape index (κ3) is 16.1. The molecule has 0 aliphatic heterocycles. The van der Waals surface area contributed by atoms with Crippen LogP contribution in [0.15, 0.2) is 0 Å². The maximum absolute atomic E-state index is 5.70. The largest absolute Gasteiger partial charge is 0.381 e. The van der Waals surface area contributed by atoms with Crippen molar-refractivity contribution in [2.75, 3.05) is 13.2 Å². The lowest BCUT2D eigenvalue weighted by Gasteiger charge is -2.09. The van der Waals surface area contributed by atoms with Crippen LogP contribution in [0, 0.1) is 0 Å². The topological polar surface area (TPSA) is 9.23 Å². The summed E-state index contributed by atoms with van der Waals surface area (Å²) < 4.78 is 5.32. The lowest BCUT2D eigenvalue weighted by atomic mass is 10.5. The van der Waals surface area contributed by atoms with Gasteiger partial charge in [0.1, 0.15) is 0 Å². The summed E-state index contributed by atoms with van der Waals surface area (Å²) in [6, 6.07) is -3.71. The molecule has 0 bridgehead atoms. The average molecular weight is 369 g/mol. The van der Waals surface area contributed by atoms with E-state index in [1.165, 1.54) is 0 Å². The Hall–Kier alpha value is 2.13. The molecule has 0 fully saturated rings. The van der Waals surface area contributed by atoms with E-state index in [0.717, 1.165) is 12.8 Å². The van der Waals surface area contributed by atoms with E-state index < -0.39 is 12.0 Å². The molecule has 0 saturated carbocycles. The third-order valence-corrected chi connectivity index (χ3v) is 6.74. The van der Waals surface area contributed by atoms with Crippen LogP contribution in [-0.2, 0) is 4.74 Å². The molecule has 0 heterocycles. The van der Waals surface area contributed by atoms with Gasteiger partial charge in [0.2, 0.25) is 0 Å². The minimum Gasteiger partial charge on any atom is -0.381 e. The molecule has 0 N–H and O–H groups in total. The molecule has 0 unspecified atom stereocenters. The minimum atomic E-state index is -2.48. The maximum Gasteiger partial charge on any atom is 0.341 e. The quantitative estimate of drug-likeness (QED) is 0.329. The van der Waals surface area contributed by atoms with Crippen LogP contribution in [0.2, 0.25) is 12.1 Å². The lowest BCUT2D eigenvalue weighted by Crippen LogP contribution is -2.12. The van der Waals surface area contributed by atoms with Crippen molar-refractivity contribution in [2.24, 2.45) is 0 Å². The van der Waals surface area contributed by atoms with Crippen LogP contribution in [-0.4, -0.2) is 25.2 Å². The fraction of sp³-hybridized carbons (Fsp3) is 1.00. The van der Waals surface area contributed by atoms with Crippen LogP contribution in [0.5, 0.6) is 0 Å². The van der Waals surface area contributed by atoms with Gasteiger partial charge in [0.25, 0.3) is 0 Å². The second-order valence-electron chi connectivity index (χ2n) is 3.05. The van der Waals surface area contributed by atoms with Crippen LogP contribution in [0.3, 0.4) is 0 Å². The smallest absolute Gasteiger partial charge is 0.341 e. The highest BCUT2D eigenvalue weighted by Crippen LogP contribution is 2.27. The Bertz CT molecular complexity index is 150. The normalized spacial score (nSPS) is 13.2. The van der Waals surface area contributed by atoms with Crippen molar-refractivity contribution < 1.29 is 4.74 Å². The number of hydrogen-bond donors (Lipinski definition) is 0. The third-order valence-electron chi connectivity index (χ3n) is 1.50. The van der Waals surface area contributed by atoms with E-state index in [0.29, 0.717) is 25.3 Å². The van der Waals surface area contributed by atoms with Gasteiger partial charge in [-0.15, -0.1) is 66.5 Å². The van der Waals surface area contributed by atoms with Gasteiger partial charge in [-0.25, -0.2) is 0 Å². The first kappa shape index (κ1) is 17.1. The van der Waals surface area contributed by atoms with Gasteiger partial charge < -0.3 is 4.74 Å². The molecule has 0 spiro atoms. The Morgan fingerprint density at radius 1 is 0.667 bits per heavy atom. The molecule has 0 aromatic rings. The van der Waals surface area contributed by atoms with Gasteiger partial charge in [-0.05, 0) is 24.9 Å². The molecular weight excluding hydrogens is 357 g/mol. The second kappa shape index (κ2) is 8.27. The summed E-state index contributed by atoms with van der Waals surface area (Å²) in [5.41, 5.74) is 0.